The highest BCUT2D eigenvalue weighted by atomic mass is 32.1. The van der Waals surface area contributed by atoms with E-state index in [9.17, 15) is 9.90 Å². The van der Waals surface area contributed by atoms with Gasteiger partial charge >= 0.3 is 5.97 Å². The second-order valence-electron chi connectivity index (χ2n) is 4.20. The van der Waals surface area contributed by atoms with Gasteiger partial charge in [-0.3, -0.25) is 0 Å². The fourth-order valence-corrected chi connectivity index (χ4v) is 2.66. The third kappa shape index (κ3) is 3.42. The van der Waals surface area contributed by atoms with Crippen molar-refractivity contribution in [3.05, 3.63) is 24.3 Å². The number of fused-ring (bicyclic) bond motifs is 1. The summed E-state index contributed by atoms with van der Waals surface area (Å²) in [5.74, 6) is -0.853. The van der Waals surface area contributed by atoms with Crippen LogP contribution in [0.2, 0.25) is 0 Å². The number of ether oxygens (including phenoxy) is 1. The molecular weight excluding hydrogens is 264 g/mol. The van der Waals surface area contributed by atoms with Gasteiger partial charge in [-0.05, 0) is 36.5 Å². The first-order valence-electron chi connectivity index (χ1n) is 6.05. The van der Waals surface area contributed by atoms with Crippen LogP contribution >= 0.6 is 11.5 Å². The molecule has 5 nitrogen and oxygen atoms in total. The van der Waals surface area contributed by atoms with Crippen LogP contribution in [0.15, 0.2) is 24.3 Å². The maximum atomic E-state index is 11.2. The molecule has 0 aliphatic carbocycles. The van der Waals surface area contributed by atoms with E-state index in [1.165, 1.54) is 11.5 Å². The molecule has 1 aromatic carbocycles. The molecule has 0 saturated carbocycles. The van der Waals surface area contributed by atoms with E-state index in [4.69, 9.17) is 4.74 Å². The molecule has 1 aromatic heterocycles. The quantitative estimate of drug-likeness (QED) is 0.763. The fraction of sp³-hybridized carbons (Fsp3) is 0.385. The third-order valence-electron chi connectivity index (χ3n) is 2.83. The second-order valence-corrected chi connectivity index (χ2v) is 4.97. The molecular formula is C13H16N2O3S. The molecule has 0 bridgehead atoms. The molecule has 0 aliphatic rings. The Bertz CT molecular complexity index is 556. The molecule has 19 heavy (non-hydrogen) atoms. The van der Waals surface area contributed by atoms with Crippen LogP contribution in [-0.4, -0.2) is 35.2 Å². The summed E-state index contributed by atoms with van der Waals surface area (Å²) in [5, 5.41) is 14.1. The lowest BCUT2D eigenvalue weighted by molar-refractivity contribution is -0.138. The van der Waals surface area contributed by atoms with Gasteiger partial charge in [0.15, 0.2) is 0 Å². The van der Waals surface area contributed by atoms with Crippen molar-refractivity contribution in [2.24, 2.45) is 0 Å². The Morgan fingerprint density at radius 3 is 3.05 bits per heavy atom. The summed E-state index contributed by atoms with van der Waals surface area (Å²) in [7, 11) is 1.61. The van der Waals surface area contributed by atoms with Crippen molar-refractivity contribution in [1.29, 1.82) is 0 Å². The number of benzene rings is 1. The first kappa shape index (κ1) is 13.8. The van der Waals surface area contributed by atoms with Crippen LogP contribution in [-0.2, 0) is 9.53 Å². The number of carbonyl (C=O) groups is 1. The van der Waals surface area contributed by atoms with Crippen molar-refractivity contribution in [1.82, 2.24) is 4.37 Å². The molecule has 2 rings (SSSR count). The predicted octanol–water partition coefficient (Wildman–Crippen LogP) is 2.59. The Hall–Kier alpha value is -1.66. The van der Waals surface area contributed by atoms with E-state index in [2.05, 4.69) is 9.69 Å². The minimum atomic E-state index is -0.853. The van der Waals surface area contributed by atoms with E-state index >= 15 is 0 Å². The van der Waals surface area contributed by atoms with Crippen molar-refractivity contribution < 1.29 is 14.6 Å². The molecule has 102 valence electrons. The molecule has 0 aliphatic heterocycles. The number of methoxy groups -OCH3 is 1. The molecule has 1 unspecified atom stereocenters. The summed E-state index contributed by atoms with van der Waals surface area (Å²) >= 11 is 1.29. The van der Waals surface area contributed by atoms with E-state index in [1.54, 1.807) is 7.11 Å². The SMILES string of the molecule is COCCCC(Nc1snc2ccccc12)C(=O)O. The van der Waals surface area contributed by atoms with Gasteiger partial charge in [0.2, 0.25) is 0 Å². The topological polar surface area (TPSA) is 71.5 Å². The summed E-state index contributed by atoms with van der Waals surface area (Å²) in [6, 6.07) is 7.08. The summed E-state index contributed by atoms with van der Waals surface area (Å²) in [6.07, 6.45) is 1.23. The minimum absolute atomic E-state index is 0.523. The first-order valence-corrected chi connectivity index (χ1v) is 6.82. The number of nitrogens with zero attached hydrogens (tertiary/aromatic N) is 1. The lowest BCUT2D eigenvalue weighted by Gasteiger charge is -2.14. The van der Waals surface area contributed by atoms with Gasteiger partial charge in [0, 0.05) is 19.1 Å². The van der Waals surface area contributed by atoms with Crippen LogP contribution in [0.3, 0.4) is 0 Å². The number of nitrogens with one attached hydrogen (secondary N) is 1. The maximum absolute atomic E-state index is 11.2. The largest absolute Gasteiger partial charge is 0.480 e. The van der Waals surface area contributed by atoms with Crippen molar-refractivity contribution in [2.45, 2.75) is 18.9 Å². The Labute approximate surface area is 115 Å². The van der Waals surface area contributed by atoms with Gasteiger partial charge in [0.1, 0.15) is 11.0 Å². The van der Waals surface area contributed by atoms with Crippen LogP contribution in [0.5, 0.6) is 0 Å². The van der Waals surface area contributed by atoms with Gasteiger partial charge in [-0.15, -0.1) is 0 Å². The molecule has 0 radical (unpaired) electrons. The molecule has 1 heterocycles. The van der Waals surface area contributed by atoms with E-state index in [0.717, 1.165) is 15.9 Å². The number of rotatable bonds is 7. The number of carboxylic acids is 1. The second kappa shape index (κ2) is 6.49. The van der Waals surface area contributed by atoms with E-state index in [1.807, 2.05) is 24.3 Å². The van der Waals surface area contributed by atoms with Gasteiger partial charge in [-0.1, -0.05) is 12.1 Å². The molecule has 2 aromatic rings. The highest BCUT2D eigenvalue weighted by molar-refractivity contribution is 7.11. The van der Waals surface area contributed by atoms with Crippen LogP contribution in [0.1, 0.15) is 12.8 Å². The summed E-state index contributed by atoms with van der Waals surface area (Å²) < 4.78 is 9.24. The lowest BCUT2D eigenvalue weighted by Crippen LogP contribution is -2.29. The molecule has 2 N–H and O–H groups in total. The van der Waals surface area contributed by atoms with Crippen molar-refractivity contribution in [3.8, 4) is 0 Å². The predicted molar refractivity (Wildman–Crippen MR) is 75.8 cm³/mol. The Morgan fingerprint density at radius 1 is 1.53 bits per heavy atom. The van der Waals surface area contributed by atoms with Crippen molar-refractivity contribution in [3.63, 3.8) is 0 Å². The highest BCUT2D eigenvalue weighted by Gasteiger charge is 2.18. The summed E-state index contributed by atoms with van der Waals surface area (Å²) in [4.78, 5) is 11.2. The number of anilines is 1. The zero-order chi connectivity index (χ0) is 13.7. The Morgan fingerprint density at radius 2 is 2.32 bits per heavy atom. The number of aromatic nitrogens is 1. The van der Waals surface area contributed by atoms with Crippen LogP contribution in [0.25, 0.3) is 10.9 Å². The van der Waals surface area contributed by atoms with Gasteiger partial charge in [0.05, 0.1) is 5.52 Å². The fourth-order valence-electron chi connectivity index (χ4n) is 1.84. The van der Waals surface area contributed by atoms with Crippen LogP contribution < -0.4 is 5.32 Å². The average Bonchev–Trinajstić information content (AvgIpc) is 2.81. The van der Waals surface area contributed by atoms with Gasteiger partial charge in [-0.25, -0.2) is 4.79 Å². The maximum Gasteiger partial charge on any atom is 0.326 e. The van der Waals surface area contributed by atoms with E-state index < -0.39 is 12.0 Å². The smallest absolute Gasteiger partial charge is 0.326 e. The summed E-state index contributed by atoms with van der Waals surface area (Å²) in [5.41, 5.74) is 0.885. The number of aliphatic carboxylic acids is 1. The summed E-state index contributed by atoms with van der Waals surface area (Å²) in [6.45, 7) is 0.564. The molecule has 0 amide bonds. The zero-order valence-electron chi connectivity index (χ0n) is 10.6. The Balaban J connectivity index is 2.10. The molecule has 0 saturated heterocycles. The number of hydrogen-bond donors (Lipinski definition) is 2. The number of carboxylic acid groups (broad SMARTS) is 1. The molecule has 0 spiro atoms. The molecule has 6 heteroatoms. The zero-order valence-corrected chi connectivity index (χ0v) is 11.4. The third-order valence-corrected chi connectivity index (χ3v) is 3.64. The molecule has 0 fully saturated rings. The molecule has 1 atom stereocenters. The van der Waals surface area contributed by atoms with Gasteiger partial charge in [-0.2, -0.15) is 4.37 Å². The van der Waals surface area contributed by atoms with Crippen LogP contribution in [0.4, 0.5) is 5.00 Å². The first-order chi connectivity index (χ1) is 9.22. The van der Waals surface area contributed by atoms with Crippen LogP contribution in [0, 0.1) is 0 Å². The lowest BCUT2D eigenvalue weighted by atomic mass is 10.1. The highest BCUT2D eigenvalue weighted by Crippen LogP contribution is 2.28. The van der Waals surface area contributed by atoms with Gasteiger partial charge in [0.25, 0.3) is 0 Å². The monoisotopic (exact) mass is 280 g/mol. The standard InChI is InChI=1S/C13H16N2O3S/c1-18-8-4-7-11(13(16)17)14-12-9-5-2-3-6-10(9)15-19-12/h2-3,5-6,11,14H,4,7-8H2,1H3,(H,16,17). The average molecular weight is 280 g/mol. The number of hydrogen-bond acceptors (Lipinski definition) is 5. The minimum Gasteiger partial charge on any atom is -0.480 e. The van der Waals surface area contributed by atoms with Crippen molar-refractivity contribution in [2.75, 3.05) is 19.0 Å². The van der Waals surface area contributed by atoms with Crippen molar-refractivity contribution >= 4 is 33.4 Å². The Kier molecular flexibility index (Phi) is 4.70. The van der Waals surface area contributed by atoms with E-state index in [-0.39, 0.29) is 0 Å². The van der Waals surface area contributed by atoms with E-state index in [0.29, 0.717) is 19.4 Å². The normalized spacial score (nSPS) is 12.5. The van der Waals surface area contributed by atoms with Gasteiger partial charge < -0.3 is 15.2 Å².